The van der Waals surface area contributed by atoms with Gasteiger partial charge in [-0.15, -0.1) is 5.10 Å². The van der Waals surface area contributed by atoms with Gasteiger partial charge in [0.25, 0.3) is 5.56 Å². The number of benzene rings is 1. The van der Waals surface area contributed by atoms with Crippen molar-refractivity contribution in [2.24, 2.45) is 0 Å². The second-order valence-electron chi connectivity index (χ2n) is 5.42. The fourth-order valence-corrected chi connectivity index (χ4v) is 2.61. The quantitative estimate of drug-likeness (QED) is 0.859. The normalized spacial score (nSPS) is 17.4. The summed E-state index contributed by atoms with van der Waals surface area (Å²) in [5, 5.41) is 4.49. The van der Waals surface area contributed by atoms with Crippen LogP contribution in [0.3, 0.4) is 0 Å². The van der Waals surface area contributed by atoms with E-state index in [-0.39, 0.29) is 11.7 Å². The summed E-state index contributed by atoms with van der Waals surface area (Å²) in [6.45, 7) is 6.71. The van der Waals surface area contributed by atoms with E-state index in [0.717, 1.165) is 18.7 Å². The number of rotatable bonds is 3. The van der Waals surface area contributed by atoms with Gasteiger partial charge < -0.3 is 4.74 Å². The topological polar surface area (TPSA) is 60.3 Å². The Hall–Kier alpha value is -2.05. The van der Waals surface area contributed by atoms with E-state index < -0.39 is 0 Å². The number of hydrogen-bond acceptors (Lipinski definition) is 5. The maximum atomic E-state index is 12.4. The molecule has 6 nitrogen and oxygen atoms in total. The number of aryl methyl sites for hydroxylation is 1. The predicted molar refractivity (Wildman–Crippen MR) is 83.6 cm³/mol. The van der Waals surface area contributed by atoms with E-state index >= 15 is 0 Å². The van der Waals surface area contributed by atoms with Crippen molar-refractivity contribution in [3.63, 3.8) is 0 Å². The molecule has 1 aliphatic rings. The van der Waals surface area contributed by atoms with E-state index in [4.69, 9.17) is 4.74 Å². The average molecular weight is 300 g/mol. The molecule has 2 aromatic rings. The van der Waals surface area contributed by atoms with Crippen molar-refractivity contribution < 1.29 is 4.74 Å². The van der Waals surface area contributed by atoms with Crippen LogP contribution >= 0.6 is 0 Å². The van der Waals surface area contributed by atoms with Crippen LogP contribution in [0.15, 0.2) is 35.1 Å². The summed E-state index contributed by atoms with van der Waals surface area (Å²) < 4.78 is 6.91. The van der Waals surface area contributed by atoms with Crippen molar-refractivity contribution >= 4 is 0 Å². The molecule has 116 valence electrons. The SMILES string of the molecule is Cc1nc(-c2ccccc2)nn(C(C)N2CCOCC2)c1=O. The second kappa shape index (κ2) is 6.37. The minimum absolute atomic E-state index is 0.111. The summed E-state index contributed by atoms with van der Waals surface area (Å²) in [6, 6.07) is 9.72. The molecular formula is C16H20N4O2. The Kier molecular flexibility index (Phi) is 4.31. The van der Waals surface area contributed by atoms with Gasteiger partial charge in [0.2, 0.25) is 0 Å². The lowest BCUT2D eigenvalue weighted by molar-refractivity contribution is -0.000939. The monoisotopic (exact) mass is 300 g/mol. The van der Waals surface area contributed by atoms with Crippen LogP contribution in [0.4, 0.5) is 0 Å². The van der Waals surface area contributed by atoms with Crippen LogP contribution in [0.25, 0.3) is 11.4 Å². The van der Waals surface area contributed by atoms with E-state index in [9.17, 15) is 4.79 Å². The maximum absolute atomic E-state index is 12.4. The Morgan fingerprint density at radius 1 is 1.18 bits per heavy atom. The molecule has 22 heavy (non-hydrogen) atoms. The van der Waals surface area contributed by atoms with Gasteiger partial charge in [0.05, 0.1) is 13.2 Å². The average Bonchev–Trinajstić information content (AvgIpc) is 2.58. The Morgan fingerprint density at radius 3 is 2.55 bits per heavy atom. The van der Waals surface area contributed by atoms with E-state index in [1.807, 2.05) is 37.3 Å². The van der Waals surface area contributed by atoms with Crippen LogP contribution in [0.5, 0.6) is 0 Å². The number of nitrogens with zero attached hydrogens (tertiary/aromatic N) is 4. The van der Waals surface area contributed by atoms with Crippen LogP contribution in [-0.4, -0.2) is 46.0 Å². The molecule has 0 saturated carbocycles. The fourth-order valence-electron chi connectivity index (χ4n) is 2.61. The highest BCUT2D eigenvalue weighted by Crippen LogP contribution is 2.16. The molecule has 1 aromatic heterocycles. The van der Waals surface area contributed by atoms with Crippen molar-refractivity contribution in [2.75, 3.05) is 26.3 Å². The van der Waals surface area contributed by atoms with Crippen LogP contribution in [0, 0.1) is 6.92 Å². The lowest BCUT2D eigenvalue weighted by Crippen LogP contribution is -2.44. The highest BCUT2D eigenvalue weighted by atomic mass is 16.5. The molecule has 0 bridgehead atoms. The van der Waals surface area contributed by atoms with Gasteiger partial charge in [-0.05, 0) is 13.8 Å². The van der Waals surface area contributed by atoms with Gasteiger partial charge >= 0.3 is 0 Å². The molecule has 0 N–H and O–H groups in total. The molecule has 0 aliphatic carbocycles. The first-order valence-electron chi connectivity index (χ1n) is 7.51. The molecule has 6 heteroatoms. The van der Waals surface area contributed by atoms with Crippen LogP contribution in [0.1, 0.15) is 18.8 Å². The Morgan fingerprint density at radius 2 is 1.86 bits per heavy atom. The Labute approximate surface area is 129 Å². The summed E-state index contributed by atoms with van der Waals surface area (Å²) >= 11 is 0. The van der Waals surface area contributed by atoms with Crippen molar-refractivity contribution in [1.29, 1.82) is 0 Å². The van der Waals surface area contributed by atoms with E-state index in [1.54, 1.807) is 6.92 Å². The molecule has 1 aromatic carbocycles. The molecule has 0 spiro atoms. The smallest absolute Gasteiger partial charge is 0.289 e. The first-order chi connectivity index (χ1) is 10.7. The van der Waals surface area contributed by atoms with Gasteiger partial charge in [0, 0.05) is 18.7 Å². The molecule has 1 fully saturated rings. The number of morpholine rings is 1. The van der Waals surface area contributed by atoms with Gasteiger partial charge in [-0.2, -0.15) is 0 Å². The van der Waals surface area contributed by atoms with Crippen molar-refractivity contribution in [2.45, 2.75) is 20.0 Å². The zero-order chi connectivity index (χ0) is 15.5. The number of hydrogen-bond donors (Lipinski definition) is 0. The standard InChI is InChI=1S/C16H20N4O2/c1-12-16(21)20(13(2)19-8-10-22-11-9-19)18-15(17-12)14-6-4-3-5-7-14/h3-7,13H,8-11H2,1-2H3. The summed E-state index contributed by atoms with van der Waals surface area (Å²) in [4.78, 5) is 19.0. The first-order valence-corrected chi connectivity index (χ1v) is 7.51. The van der Waals surface area contributed by atoms with Gasteiger partial charge in [0.1, 0.15) is 11.9 Å². The molecule has 3 rings (SSSR count). The number of ether oxygens (including phenoxy) is 1. The van der Waals surface area contributed by atoms with E-state index in [0.29, 0.717) is 24.7 Å². The van der Waals surface area contributed by atoms with Gasteiger partial charge in [-0.1, -0.05) is 30.3 Å². The van der Waals surface area contributed by atoms with Crippen LogP contribution in [0.2, 0.25) is 0 Å². The van der Waals surface area contributed by atoms with Crippen LogP contribution in [-0.2, 0) is 4.74 Å². The molecule has 0 radical (unpaired) electrons. The lowest BCUT2D eigenvalue weighted by Gasteiger charge is -2.32. The first kappa shape index (κ1) is 14.9. The molecule has 1 aliphatic heterocycles. The maximum Gasteiger partial charge on any atom is 0.289 e. The largest absolute Gasteiger partial charge is 0.379 e. The van der Waals surface area contributed by atoms with Gasteiger partial charge in [-0.25, -0.2) is 9.67 Å². The predicted octanol–water partition coefficient (Wildman–Crippen LogP) is 1.46. The summed E-state index contributed by atoms with van der Waals surface area (Å²) in [6.07, 6.45) is -0.111. The molecule has 0 amide bonds. The summed E-state index contributed by atoms with van der Waals surface area (Å²) in [7, 11) is 0. The second-order valence-corrected chi connectivity index (χ2v) is 5.42. The highest BCUT2D eigenvalue weighted by molar-refractivity contribution is 5.53. The summed E-state index contributed by atoms with van der Waals surface area (Å²) in [5.74, 6) is 0.581. The Bertz CT molecular complexity index is 693. The third kappa shape index (κ3) is 2.93. The van der Waals surface area contributed by atoms with Gasteiger partial charge in [0.15, 0.2) is 5.82 Å². The molecule has 1 atom stereocenters. The lowest BCUT2D eigenvalue weighted by atomic mass is 10.2. The third-order valence-electron chi connectivity index (χ3n) is 3.95. The summed E-state index contributed by atoms with van der Waals surface area (Å²) in [5.41, 5.74) is 1.24. The zero-order valence-corrected chi connectivity index (χ0v) is 12.9. The zero-order valence-electron chi connectivity index (χ0n) is 12.9. The Balaban J connectivity index is 2.00. The molecule has 1 saturated heterocycles. The highest BCUT2D eigenvalue weighted by Gasteiger charge is 2.21. The third-order valence-corrected chi connectivity index (χ3v) is 3.95. The molecule has 1 unspecified atom stereocenters. The van der Waals surface area contributed by atoms with Crippen molar-refractivity contribution in [1.82, 2.24) is 19.7 Å². The minimum atomic E-state index is -0.140. The van der Waals surface area contributed by atoms with Crippen LogP contribution < -0.4 is 5.56 Å². The van der Waals surface area contributed by atoms with E-state index in [1.165, 1.54) is 4.68 Å². The van der Waals surface area contributed by atoms with Gasteiger partial charge in [-0.3, -0.25) is 9.69 Å². The molecular weight excluding hydrogens is 280 g/mol. The molecule has 2 heterocycles. The minimum Gasteiger partial charge on any atom is -0.379 e. The number of aromatic nitrogens is 3. The fraction of sp³-hybridized carbons (Fsp3) is 0.438. The van der Waals surface area contributed by atoms with Crippen molar-refractivity contribution in [3.05, 3.63) is 46.4 Å². The van der Waals surface area contributed by atoms with E-state index in [2.05, 4.69) is 15.0 Å². The van der Waals surface area contributed by atoms with Crippen molar-refractivity contribution in [3.8, 4) is 11.4 Å².